The molecule has 1 N–H and O–H groups in total. The number of phenolic OH excluding ortho intramolecular Hbond substituents is 1. The average molecular weight is 329 g/mol. The van der Waals surface area contributed by atoms with Crippen molar-refractivity contribution in [3.63, 3.8) is 0 Å². The number of hydrogen-bond acceptors (Lipinski definition) is 4. The Hall–Kier alpha value is -2.69. The number of phenols is 1. The Kier molecular flexibility index (Phi) is 6.49. The van der Waals surface area contributed by atoms with Gasteiger partial charge in [-0.2, -0.15) is 0 Å². The van der Waals surface area contributed by atoms with Crippen molar-refractivity contribution in [2.75, 3.05) is 13.2 Å². The molecule has 5 nitrogen and oxygen atoms in total. The molecule has 0 bridgehead atoms. The molecular formula is C19H23NO4. The zero-order chi connectivity index (χ0) is 17.4. The van der Waals surface area contributed by atoms with Crippen molar-refractivity contribution in [2.45, 2.75) is 27.0 Å². The van der Waals surface area contributed by atoms with Crippen molar-refractivity contribution < 1.29 is 19.4 Å². The number of nitrogens with zero attached hydrogens (tertiary/aromatic N) is 1. The van der Waals surface area contributed by atoms with E-state index in [-0.39, 0.29) is 18.4 Å². The van der Waals surface area contributed by atoms with Gasteiger partial charge in [-0.1, -0.05) is 36.4 Å². The summed E-state index contributed by atoms with van der Waals surface area (Å²) in [5.74, 6) is 0.513. The molecule has 2 aromatic rings. The van der Waals surface area contributed by atoms with Crippen LogP contribution < -0.4 is 4.74 Å². The minimum atomic E-state index is -0.368. The maximum absolute atomic E-state index is 12.3. The van der Waals surface area contributed by atoms with E-state index < -0.39 is 0 Å². The number of aromatic hydroxyl groups is 1. The summed E-state index contributed by atoms with van der Waals surface area (Å²) in [6, 6.07) is 14.7. The molecule has 0 radical (unpaired) electrons. The monoisotopic (exact) mass is 329 g/mol. The first kappa shape index (κ1) is 17.7. The molecule has 24 heavy (non-hydrogen) atoms. The van der Waals surface area contributed by atoms with Gasteiger partial charge in [-0.15, -0.1) is 0 Å². The maximum atomic E-state index is 12.3. The maximum Gasteiger partial charge on any atom is 0.410 e. The van der Waals surface area contributed by atoms with Crippen LogP contribution in [0.3, 0.4) is 0 Å². The lowest BCUT2D eigenvalue weighted by atomic mass is 10.2. The van der Waals surface area contributed by atoms with Gasteiger partial charge < -0.3 is 19.5 Å². The fraction of sp³-hybridized carbons (Fsp3) is 0.316. The zero-order valence-corrected chi connectivity index (χ0v) is 14.1. The SMILES string of the molecule is CCOc1cc(CN(CC)C(=O)OCc2ccccc2)ccc1O. The Morgan fingerprint density at radius 1 is 1.08 bits per heavy atom. The fourth-order valence-corrected chi connectivity index (χ4v) is 2.26. The molecule has 0 fully saturated rings. The molecule has 0 saturated carbocycles. The van der Waals surface area contributed by atoms with Crippen molar-refractivity contribution in [3.05, 3.63) is 59.7 Å². The third-order valence-electron chi connectivity index (χ3n) is 3.54. The highest BCUT2D eigenvalue weighted by Crippen LogP contribution is 2.27. The number of carbonyl (C=O) groups is 1. The van der Waals surface area contributed by atoms with E-state index in [0.717, 1.165) is 11.1 Å². The number of benzene rings is 2. The summed E-state index contributed by atoms with van der Waals surface area (Å²) in [5.41, 5.74) is 1.82. The van der Waals surface area contributed by atoms with Crippen LogP contribution in [-0.4, -0.2) is 29.3 Å². The topological polar surface area (TPSA) is 59.0 Å². The third kappa shape index (κ3) is 4.91. The Labute approximate surface area is 142 Å². The van der Waals surface area contributed by atoms with E-state index in [1.807, 2.05) is 44.2 Å². The summed E-state index contributed by atoms with van der Waals surface area (Å²) >= 11 is 0. The fourth-order valence-electron chi connectivity index (χ4n) is 2.26. The second-order valence-corrected chi connectivity index (χ2v) is 5.29. The van der Waals surface area contributed by atoms with Gasteiger partial charge in [-0.3, -0.25) is 0 Å². The van der Waals surface area contributed by atoms with Gasteiger partial charge in [-0.05, 0) is 37.1 Å². The molecule has 2 aromatic carbocycles. The van der Waals surface area contributed by atoms with E-state index in [9.17, 15) is 9.90 Å². The summed E-state index contributed by atoms with van der Waals surface area (Å²) in [5, 5.41) is 9.75. The number of rotatable bonds is 7. The van der Waals surface area contributed by atoms with E-state index in [1.165, 1.54) is 0 Å². The van der Waals surface area contributed by atoms with Gasteiger partial charge in [0.15, 0.2) is 11.5 Å². The van der Waals surface area contributed by atoms with Gasteiger partial charge >= 0.3 is 6.09 Å². The highest BCUT2D eigenvalue weighted by atomic mass is 16.6. The molecule has 0 aliphatic heterocycles. The number of carbonyl (C=O) groups excluding carboxylic acids is 1. The van der Waals surface area contributed by atoms with Crippen LogP contribution in [0, 0.1) is 0 Å². The van der Waals surface area contributed by atoms with Crippen LogP contribution in [0.4, 0.5) is 4.79 Å². The van der Waals surface area contributed by atoms with E-state index in [2.05, 4.69) is 0 Å². The first-order chi connectivity index (χ1) is 11.6. The van der Waals surface area contributed by atoms with Crippen molar-refractivity contribution in [1.82, 2.24) is 4.90 Å². The molecule has 128 valence electrons. The van der Waals surface area contributed by atoms with Crippen molar-refractivity contribution in [2.24, 2.45) is 0 Å². The summed E-state index contributed by atoms with van der Waals surface area (Å²) in [6.07, 6.45) is -0.368. The van der Waals surface area contributed by atoms with E-state index in [0.29, 0.717) is 25.4 Å². The zero-order valence-electron chi connectivity index (χ0n) is 14.1. The lowest BCUT2D eigenvalue weighted by Gasteiger charge is -2.21. The minimum absolute atomic E-state index is 0.0929. The first-order valence-electron chi connectivity index (χ1n) is 8.04. The van der Waals surface area contributed by atoms with E-state index in [4.69, 9.17) is 9.47 Å². The van der Waals surface area contributed by atoms with Crippen LogP contribution in [0.1, 0.15) is 25.0 Å². The van der Waals surface area contributed by atoms with Gasteiger partial charge in [0, 0.05) is 13.1 Å². The molecule has 0 atom stereocenters. The molecule has 5 heteroatoms. The van der Waals surface area contributed by atoms with Crippen molar-refractivity contribution in [1.29, 1.82) is 0 Å². The standard InChI is InChI=1S/C19H23NO4/c1-3-20(19(22)24-14-15-8-6-5-7-9-15)13-16-10-11-17(21)18(12-16)23-4-2/h5-12,21H,3-4,13-14H2,1-2H3. The van der Waals surface area contributed by atoms with Gasteiger partial charge in [0.05, 0.1) is 6.61 Å². The van der Waals surface area contributed by atoms with Crippen LogP contribution in [-0.2, 0) is 17.9 Å². The van der Waals surface area contributed by atoms with Crippen LogP contribution in [0.15, 0.2) is 48.5 Å². The average Bonchev–Trinajstić information content (AvgIpc) is 2.61. The number of hydrogen-bond donors (Lipinski definition) is 1. The number of amides is 1. The molecule has 0 aliphatic rings. The molecule has 0 aliphatic carbocycles. The largest absolute Gasteiger partial charge is 0.504 e. The van der Waals surface area contributed by atoms with Crippen LogP contribution in [0.25, 0.3) is 0 Å². The summed E-state index contributed by atoms with van der Waals surface area (Å²) in [7, 11) is 0. The highest BCUT2D eigenvalue weighted by molar-refractivity contribution is 5.67. The predicted molar refractivity (Wildman–Crippen MR) is 92.0 cm³/mol. The molecule has 0 saturated heterocycles. The van der Waals surface area contributed by atoms with Crippen LogP contribution >= 0.6 is 0 Å². The van der Waals surface area contributed by atoms with Gasteiger partial charge in [0.1, 0.15) is 6.61 Å². The molecule has 0 spiro atoms. The molecule has 0 unspecified atom stereocenters. The predicted octanol–water partition coefficient (Wildman–Crippen LogP) is 3.95. The Morgan fingerprint density at radius 3 is 2.50 bits per heavy atom. The molecular weight excluding hydrogens is 306 g/mol. The minimum Gasteiger partial charge on any atom is -0.504 e. The Balaban J connectivity index is 1.98. The lowest BCUT2D eigenvalue weighted by Crippen LogP contribution is -2.30. The van der Waals surface area contributed by atoms with Crippen molar-refractivity contribution in [3.8, 4) is 11.5 Å². The van der Waals surface area contributed by atoms with Crippen molar-refractivity contribution >= 4 is 6.09 Å². The molecule has 0 heterocycles. The van der Waals surface area contributed by atoms with Gasteiger partial charge in [-0.25, -0.2) is 4.79 Å². The second-order valence-electron chi connectivity index (χ2n) is 5.29. The third-order valence-corrected chi connectivity index (χ3v) is 3.54. The lowest BCUT2D eigenvalue weighted by molar-refractivity contribution is 0.0956. The molecule has 2 rings (SSSR count). The normalized spacial score (nSPS) is 10.2. The van der Waals surface area contributed by atoms with Crippen LogP contribution in [0.5, 0.6) is 11.5 Å². The second kappa shape index (κ2) is 8.82. The highest BCUT2D eigenvalue weighted by Gasteiger charge is 2.15. The van der Waals surface area contributed by atoms with E-state index in [1.54, 1.807) is 23.1 Å². The van der Waals surface area contributed by atoms with Gasteiger partial charge in [0.25, 0.3) is 0 Å². The van der Waals surface area contributed by atoms with Crippen LogP contribution in [0.2, 0.25) is 0 Å². The first-order valence-corrected chi connectivity index (χ1v) is 8.04. The molecule has 0 aromatic heterocycles. The summed E-state index contributed by atoms with van der Waals surface area (Å²) in [6.45, 7) is 5.38. The summed E-state index contributed by atoms with van der Waals surface area (Å²) in [4.78, 5) is 13.9. The Morgan fingerprint density at radius 2 is 1.83 bits per heavy atom. The number of ether oxygens (including phenoxy) is 2. The smallest absolute Gasteiger partial charge is 0.410 e. The van der Waals surface area contributed by atoms with E-state index >= 15 is 0 Å². The van der Waals surface area contributed by atoms with Gasteiger partial charge in [0.2, 0.25) is 0 Å². The Bertz CT molecular complexity index is 658. The summed E-state index contributed by atoms with van der Waals surface area (Å²) < 4.78 is 10.7. The molecule has 1 amide bonds. The quantitative estimate of drug-likeness (QED) is 0.835.